The third-order valence-corrected chi connectivity index (χ3v) is 3.14. The van der Waals surface area contributed by atoms with Gasteiger partial charge >= 0.3 is 0 Å². The van der Waals surface area contributed by atoms with Gasteiger partial charge in [0.1, 0.15) is 0 Å². The molecular weight excluding hydrogens is 258 g/mol. The van der Waals surface area contributed by atoms with Crippen LogP contribution in [0, 0.1) is 5.92 Å². The van der Waals surface area contributed by atoms with E-state index in [1.54, 1.807) is 12.4 Å². The molecule has 2 heterocycles. The third kappa shape index (κ3) is 2.77. The van der Waals surface area contributed by atoms with Gasteiger partial charge < -0.3 is 9.84 Å². The van der Waals surface area contributed by atoms with E-state index in [0.29, 0.717) is 6.61 Å². The summed E-state index contributed by atoms with van der Waals surface area (Å²) in [7, 11) is 0. The smallest absolute Gasteiger partial charge is 0.0855 e. The lowest BCUT2D eigenvalue weighted by atomic mass is 9.92. The zero-order valence-corrected chi connectivity index (χ0v) is 9.98. The highest BCUT2D eigenvalue weighted by Crippen LogP contribution is 2.29. The number of hydrogen-bond acceptors (Lipinski definition) is 3. The minimum absolute atomic E-state index is 0.204. The monoisotopic (exact) mass is 271 g/mol. The van der Waals surface area contributed by atoms with Gasteiger partial charge in [0.2, 0.25) is 0 Å². The first kappa shape index (κ1) is 11.0. The minimum atomic E-state index is -0.463. The van der Waals surface area contributed by atoms with E-state index in [1.165, 1.54) is 0 Å². The molecule has 0 radical (unpaired) electrons. The molecular formula is C11H14BrNO2. The van der Waals surface area contributed by atoms with Gasteiger partial charge in [0.15, 0.2) is 0 Å². The Morgan fingerprint density at radius 2 is 2.40 bits per heavy atom. The second-order valence-corrected chi connectivity index (χ2v) is 4.77. The van der Waals surface area contributed by atoms with Crippen LogP contribution in [0.1, 0.15) is 24.5 Å². The third-order valence-electron chi connectivity index (χ3n) is 2.71. The molecule has 0 spiro atoms. The number of aromatic nitrogens is 1. The summed E-state index contributed by atoms with van der Waals surface area (Å²) >= 11 is 3.35. The number of ether oxygens (including phenoxy) is 1. The van der Waals surface area contributed by atoms with E-state index in [1.807, 2.05) is 6.07 Å². The summed E-state index contributed by atoms with van der Waals surface area (Å²) in [6.07, 6.45) is 5.02. The highest BCUT2D eigenvalue weighted by atomic mass is 79.9. The summed E-state index contributed by atoms with van der Waals surface area (Å²) < 4.78 is 6.26. The summed E-state index contributed by atoms with van der Waals surface area (Å²) in [5, 5.41) is 10.1. The summed E-state index contributed by atoms with van der Waals surface area (Å²) in [5.74, 6) is 0.204. The summed E-state index contributed by atoms with van der Waals surface area (Å²) in [4.78, 5) is 4.05. The summed E-state index contributed by atoms with van der Waals surface area (Å²) in [5.41, 5.74) is 0.861. The van der Waals surface area contributed by atoms with E-state index in [9.17, 15) is 5.11 Å². The van der Waals surface area contributed by atoms with Crippen LogP contribution in [0.2, 0.25) is 0 Å². The predicted octanol–water partition coefficient (Wildman–Crippen LogP) is 2.30. The van der Waals surface area contributed by atoms with Crippen LogP contribution in [0.5, 0.6) is 0 Å². The highest BCUT2D eigenvalue weighted by molar-refractivity contribution is 9.10. The first-order valence-corrected chi connectivity index (χ1v) is 5.93. The molecule has 0 amide bonds. The number of rotatable bonds is 2. The van der Waals surface area contributed by atoms with Crippen molar-refractivity contribution in [1.82, 2.24) is 4.98 Å². The average Bonchev–Trinajstić information content (AvgIpc) is 2.29. The van der Waals surface area contributed by atoms with Crippen molar-refractivity contribution in [3.8, 4) is 0 Å². The molecule has 1 saturated heterocycles. The Hall–Kier alpha value is -0.450. The fourth-order valence-corrected chi connectivity index (χ4v) is 2.26. The topological polar surface area (TPSA) is 42.4 Å². The maximum Gasteiger partial charge on any atom is 0.0855 e. The first-order valence-electron chi connectivity index (χ1n) is 5.13. The van der Waals surface area contributed by atoms with Gasteiger partial charge in [-0.2, -0.15) is 0 Å². The van der Waals surface area contributed by atoms with Crippen LogP contribution in [0.3, 0.4) is 0 Å². The Morgan fingerprint density at radius 1 is 1.53 bits per heavy atom. The van der Waals surface area contributed by atoms with Crippen LogP contribution >= 0.6 is 15.9 Å². The Balaban J connectivity index is 2.08. The molecule has 0 saturated carbocycles. The molecule has 2 unspecified atom stereocenters. The lowest BCUT2D eigenvalue weighted by Gasteiger charge is -2.26. The molecule has 3 nitrogen and oxygen atoms in total. The Bertz CT molecular complexity index is 326. The normalized spacial score (nSPS) is 23.7. The second-order valence-electron chi connectivity index (χ2n) is 3.86. The molecule has 2 rings (SSSR count). The van der Waals surface area contributed by atoms with Gasteiger partial charge in [-0.15, -0.1) is 0 Å². The highest BCUT2D eigenvalue weighted by Gasteiger charge is 2.23. The van der Waals surface area contributed by atoms with E-state index < -0.39 is 6.10 Å². The molecule has 2 atom stereocenters. The number of nitrogens with zero attached hydrogens (tertiary/aromatic N) is 1. The van der Waals surface area contributed by atoms with Crippen LogP contribution < -0.4 is 0 Å². The van der Waals surface area contributed by atoms with Gasteiger partial charge in [0, 0.05) is 35.0 Å². The van der Waals surface area contributed by atoms with Gasteiger partial charge in [-0.1, -0.05) is 0 Å². The molecule has 0 bridgehead atoms. The molecule has 1 aromatic heterocycles. The molecule has 1 aromatic rings. The fraction of sp³-hybridized carbons (Fsp3) is 0.545. The SMILES string of the molecule is OC(c1cncc(Br)c1)C1CCCOC1. The van der Waals surface area contributed by atoms with Crippen molar-refractivity contribution in [1.29, 1.82) is 0 Å². The molecule has 1 N–H and O–H groups in total. The number of pyridine rings is 1. The van der Waals surface area contributed by atoms with E-state index in [2.05, 4.69) is 20.9 Å². The average molecular weight is 272 g/mol. The van der Waals surface area contributed by atoms with E-state index >= 15 is 0 Å². The van der Waals surface area contributed by atoms with Gasteiger partial charge in [-0.05, 0) is 34.8 Å². The Morgan fingerprint density at radius 3 is 3.07 bits per heavy atom. The van der Waals surface area contributed by atoms with E-state index in [0.717, 1.165) is 29.5 Å². The van der Waals surface area contributed by atoms with Crippen LogP contribution in [-0.4, -0.2) is 23.3 Å². The maximum atomic E-state index is 10.1. The standard InChI is InChI=1S/C11H14BrNO2/c12-10-4-9(5-13-6-10)11(14)8-2-1-3-15-7-8/h4-6,8,11,14H,1-3,7H2. The summed E-state index contributed by atoms with van der Waals surface area (Å²) in [6, 6.07) is 1.91. The van der Waals surface area contributed by atoms with Gasteiger partial charge in [-0.25, -0.2) is 0 Å². The van der Waals surface area contributed by atoms with Crippen LogP contribution in [0.15, 0.2) is 22.9 Å². The molecule has 0 aliphatic carbocycles. The minimum Gasteiger partial charge on any atom is -0.388 e. The van der Waals surface area contributed by atoms with Crippen LogP contribution in [-0.2, 0) is 4.74 Å². The zero-order chi connectivity index (χ0) is 10.7. The lowest BCUT2D eigenvalue weighted by molar-refractivity contribution is -0.0101. The van der Waals surface area contributed by atoms with Crippen molar-refractivity contribution in [3.63, 3.8) is 0 Å². The zero-order valence-electron chi connectivity index (χ0n) is 8.40. The van der Waals surface area contributed by atoms with Crippen LogP contribution in [0.25, 0.3) is 0 Å². The molecule has 82 valence electrons. The molecule has 4 heteroatoms. The van der Waals surface area contributed by atoms with Crippen molar-refractivity contribution in [3.05, 3.63) is 28.5 Å². The maximum absolute atomic E-state index is 10.1. The van der Waals surface area contributed by atoms with Crippen molar-refractivity contribution in [2.45, 2.75) is 18.9 Å². The fourth-order valence-electron chi connectivity index (χ4n) is 1.88. The summed E-state index contributed by atoms with van der Waals surface area (Å²) in [6.45, 7) is 1.47. The Labute approximate surface area is 97.6 Å². The quantitative estimate of drug-likeness (QED) is 0.898. The number of hydrogen-bond donors (Lipinski definition) is 1. The van der Waals surface area contributed by atoms with Crippen molar-refractivity contribution in [2.24, 2.45) is 5.92 Å². The second kappa shape index (κ2) is 5.05. The first-order chi connectivity index (χ1) is 7.27. The Kier molecular flexibility index (Phi) is 3.72. The predicted molar refractivity (Wildman–Crippen MR) is 60.4 cm³/mol. The number of halogens is 1. The van der Waals surface area contributed by atoms with Gasteiger partial charge in [0.25, 0.3) is 0 Å². The lowest BCUT2D eigenvalue weighted by Crippen LogP contribution is -2.23. The van der Waals surface area contributed by atoms with Crippen molar-refractivity contribution >= 4 is 15.9 Å². The van der Waals surface area contributed by atoms with Crippen molar-refractivity contribution in [2.75, 3.05) is 13.2 Å². The molecule has 0 aromatic carbocycles. The van der Waals surface area contributed by atoms with Crippen LogP contribution in [0.4, 0.5) is 0 Å². The molecule has 1 aliphatic rings. The number of aliphatic hydroxyl groups excluding tert-OH is 1. The van der Waals surface area contributed by atoms with Gasteiger partial charge in [-0.3, -0.25) is 4.98 Å². The van der Waals surface area contributed by atoms with E-state index in [-0.39, 0.29) is 5.92 Å². The van der Waals surface area contributed by atoms with Gasteiger partial charge in [0.05, 0.1) is 12.7 Å². The van der Waals surface area contributed by atoms with E-state index in [4.69, 9.17) is 4.74 Å². The van der Waals surface area contributed by atoms with Crippen molar-refractivity contribution < 1.29 is 9.84 Å². The molecule has 1 fully saturated rings. The number of aliphatic hydroxyl groups is 1. The molecule has 15 heavy (non-hydrogen) atoms. The largest absolute Gasteiger partial charge is 0.388 e. The molecule has 1 aliphatic heterocycles.